The number of amides is 1. The van der Waals surface area contributed by atoms with Crippen LogP contribution in [0.25, 0.3) is 0 Å². The van der Waals surface area contributed by atoms with Gasteiger partial charge in [0.15, 0.2) is 0 Å². The molecule has 0 fully saturated rings. The fraction of sp³-hybridized carbons (Fsp3) is 0.474. The van der Waals surface area contributed by atoms with Gasteiger partial charge in [0.05, 0.1) is 5.69 Å². The van der Waals surface area contributed by atoms with Crippen LogP contribution in [0.1, 0.15) is 41.3 Å². The van der Waals surface area contributed by atoms with Crippen molar-refractivity contribution in [2.24, 2.45) is 0 Å². The second kappa shape index (κ2) is 7.07. The van der Waals surface area contributed by atoms with Gasteiger partial charge < -0.3 is 14.7 Å². The lowest BCUT2D eigenvalue weighted by molar-refractivity contribution is -0.121. The Hall–Kier alpha value is -2.30. The highest BCUT2D eigenvalue weighted by Gasteiger charge is 2.23. The standard InChI is InChI=1S/C19H25N3O2/c1-13-16(14(2)24-21-13)8-9-19(23)20-12-15-10-11-22(3)18-7-5-4-6-17(15)18/h4-7,15H,8-12H2,1-3H3,(H,20,23). The van der Waals surface area contributed by atoms with Crippen LogP contribution < -0.4 is 10.2 Å². The molecule has 1 aliphatic heterocycles. The van der Waals surface area contributed by atoms with Crippen molar-refractivity contribution in [1.29, 1.82) is 0 Å². The molecule has 0 spiro atoms. The number of hydrogen-bond donors (Lipinski definition) is 1. The van der Waals surface area contributed by atoms with Gasteiger partial charge in [0.25, 0.3) is 0 Å². The summed E-state index contributed by atoms with van der Waals surface area (Å²) in [5.74, 6) is 1.29. The number of hydrogen-bond acceptors (Lipinski definition) is 4. The van der Waals surface area contributed by atoms with Gasteiger partial charge in [0, 0.05) is 43.7 Å². The van der Waals surface area contributed by atoms with E-state index in [2.05, 4.69) is 46.7 Å². The van der Waals surface area contributed by atoms with Crippen molar-refractivity contribution >= 4 is 11.6 Å². The normalized spacial score (nSPS) is 16.8. The Bertz CT molecular complexity index is 704. The van der Waals surface area contributed by atoms with Gasteiger partial charge in [-0.1, -0.05) is 23.4 Å². The van der Waals surface area contributed by atoms with Gasteiger partial charge in [-0.3, -0.25) is 4.79 Å². The topological polar surface area (TPSA) is 58.4 Å². The molecule has 5 nitrogen and oxygen atoms in total. The molecule has 1 aromatic heterocycles. The molecule has 0 aliphatic carbocycles. The Balaban J connectivity index is 1.55. The Morgan fingerprint density at radius 3 is 2.92 bits per heavy atom. The molecule has 1 unspecified atom stereocenters. The third-order valence-electron chi connectivity index (χ3n) is 4.93. The summed E-state index contributed by atoms with van der Waals surface area (Å²) in [5.41, 5.74) is 4.54. The number of aryl methyl sites for hydroxylation is 2. The van der Waals surface area contributed by atoms with Crippen molar-refractivity contribution in [1.82, 2.24) is 10.5 Å². The first kappa shape index (κ1) is 16.6. The molecule has 1 atom stereocenters. The number of carbonyl (C=O) groups is 1. The highest BCUT2D eigenvalue weighted by molar-refractivity contribution is 5.76. The predicted molar refractivity (Wildman–Crippen MR) is 94.4 cm³/mol. The Morgan fingerprint density at radius 1 is 1.38 bits per heavy atom. The zero-order valence-corrected chi connectivity index (χ0v) is 14.6. The molecule has 0 saturated carbocycles. The van der Waals surface area contributed by atoms with Crippen LogP contribution in [-0.4, -0.2) is 31.2 Å². The third kappa shape index (κ3) is 3.45. The number of nitrogens with one attached hydrogen (secondary N) is 1. The molecule has 24 heavy (non-hydrogen) atoms. The van der Waals surface area contributed by atoms with Crippen molar-refractivity contribution < 1.29 is 9.32 Å². The minimum Gasteiger partial charge on any atom is -0.374 e. The van der Waals surface area contributed by atoms with E-state index in [0.717, 1.165) is 30.0 Å². The van der Waals surface area contributed by atoms with Crippen LogP contribution in [0.15, 0.2) is 28.8 Å². The smallest absolute Gasteiger partial charge is 0.220 e. The highest BCUT2D eigenvalue weighted by Crippen LogP contribution is 2.33. The molecule has 128 valence electrons. The number of fused-ring (bicyclic) bond motifs is 1. The molecule has 0 saturated heterocycles. The van der Waals surface area contributed by atoms with Crippen molar-refractivity contribution in [3.8, 4) is 0 Å². The number of anilines is 1. The molecule has 1 amide bonds. The van der Waals surface area contributed by atoms with Gasteiger partial charge in [0.1, 0.15) is 5.76 Å². The van der Waals surface area contributed by atoms with Crippen molar-refractivity contribution in [2.45, 2.75) is 39.0 Å². The van der Waals surface area contributed by atoms with E-state index < -0.39 is 0 Å². The fourth-order valence-corrected chi connectivity index (χ4v) is 3.44. The first-order valence-electron chi connectivity index (χ1n) is 8.54. The van der Waals surface area contributed by atoms with E-state index in [1.165, 1.54) is 11.3 Å². The SMILES string of the molecule is Cc1noc(C)c1CCC(=O)NCC1CCN(C)c2ccccc21. The number of carbonyl (C=O) groups excluding carboxylic acids is 1. The van der Waals surface area contributed by atoms with Crippen molar-refractivity contribution in [3.05, 3.63) is 46.8 Å². The summed E-state index contributed by atoms with van der Waals surface area (Å²) in [5, 5.41) is 7.04. The number of aromatic nitrogens is 1. The summed E-state index contributed by atoms with van der Waals surface area (Å²) >= 11 is 0. The number of nitrogens with zero attached hydrogens (tertiary/aromatic N) is 2. The van der Waals surface area contributed by atoms with E-state index in [4.69, 9.17) is 4.52 Å². The third-order valence-corrected chi connectivity index (χ3v) is 4.93. The number of benzene rings is 1. The van der Waals surface area contributed by atoms with Gasteiger partial charge >= 0.3 is 0 Å². The zero-order valence-electron chi connectivity index (χ0n) is 14.6. The van der Waals surface area contributed by atoms with Gasteiger partial charge in [0.2, 0.25) is 5.91 Å². The maximum Gasteiger partial charge on any atom is 0.220 e. The van der Waals surface area contributed by atoms with E-state index in [1.807, 2.05) is 13.8 Å². The zero-order chi connectivity index (χ0) is 17.1. The molecule has 1 aromatic carbocycles. The molecule has 2 heterocycles. The fourth-order valence-electron chi connectivity index (χ4n) is 3.44. The minimum absolute atomic E-state index is 0.0893. The monoisotopic (exact) mass is 327 g/mol. The van der Waals surface area contributed by atoms with Gasteiger partial charge in [-0.05, 0) is 38.3 Å². The van der Waals surface area contributed by atoms with Gasteiger partial charge in [-0.15, -0.1) is 0 Å². The van der Waals surface area contributed by atoms with E-state index in [0.29, 0.717) is 25.3 Å². The summed E-state index contributed by atoms with van der Waals surface area (Å²) < 4.78 is 5.15. The average molecular weight is 327 g/mol. The van der Waals surface area contributed by atoms with Crippen molar-refractivity contribution in [3.63, 3.8) is 0 Å². The van der Waals surface area contributed by atoms with Crippen LogP contribution >= 0.6 is 0 Å². The lowest BCUT2D eigenvalue weighted by Gasteiger charge is -2.33. The average Bonchev–Trinajstić information content (AvgIpc) is 2.91. The number of rotatable bonds is 5. The van der Waals surface area contributed by atoms with Crippen LogP contribution in [0.5, 0.6) is 0 Å². The maximum absolute atomic E-state index is 12.2. The van der Waals surface area contributed by atoms with Crippen LogP contribution in [0.3, 0.4) is 0 Å². The molecule has 0 radical (unpaired) electrons. The van der Waals surface area contributed by atoms with E-state index in [1.54, 1.807) is 0 Å². The summed E-state index contributed by atoms with van der Waals surface area (Å²) in [6.07, 6.45) is 2.21. The number of para-hydroxylation sites is 1. The molecule has 1 aliphatic rings. The summed E-state index contributed by atoms with van der Waals surface area (Å²) in [6, 6.07) is 8.47. The van der Waals surface area contributed by atoms with Gasteiger partial charge in [-0.25, -0.2) is 0 Å². The molecule has 2 aromatic rings. The lowest BCUT2D eigenvalue weighted by atomic mass is 9.90. The predicted octanol–water partition coefficient (Wildman–Crippen LogP) is 2.96. The first-order chi connectivity index (χ1) is 11.6. The highest BCUT2D eigenvalue weighted by atomic mass is 16.5. The van der Waals surface area contributed by atoms with Crippen LogP contribution in [-0.2, 0) is 11.2 Å². The molecule has 1 N–H and O–H groups in total. The van der Waals surface area contributed by atoms with E-state index >= 15 is 0 Å². The van der Waals surface area contributed by atoms with Crippen LogP contribution in [0.2, 0.25) is 0 Å². The molecular formula is C19H25N3O2. The molecule has 5 heteroatoms. The van der Waals surface area contributed by atoms with Crippen LogP contribution in [0, 0.1) is 13.8 Å². The Kier molecular flexibility index (Phi) is 4.88. The first-order valence-corrected chi connectivity index (χ1v) is 8.54. The molecule has 3 rings (SSSR count). The molecular weight excluding hydrogens is 302 g/mol. The maximum atomic E-state index is 12.2. The Morgan fingerprint density at radius 2 is 2.17 bits per heavy atom. The summed E-state index contributed by atoms with van der Waals surface area (Å²) in [4.78, 5) is 14.5. The van der Waals surface area contributed by atoms with Crippen LogP contribution in [0.4, 0.5) is 5.69 Å². The Labute approximate surface area is 143 Å². The van der Waals surface area contributed by atoms with E-state index in [9.17, 15) is 4.79 Å². The molecule has 0 bridgehead atoms. The van der Waals surface area contributed by atoms with E-state index in [-0.39, 0.29) is 5.91 Å². The minimum atomic E-state index is 0.0893. The summed E-state index contributed by atoms with van der Waals surface area (Å²) in [7, 11) is 2.12. The second-order valence-electron chi connectivity index (χ2n) is 6.57. The lowest BCUT2D eigenvalue weighted by Crippen LogP contribution is -2.34. The summed E-state index contributed by atoms with van der Waals surface area (Å²) in [6.45, 7) is 5.53. The largest absolute Gasteiger partial charge is 0.374 e. The second-order valence-corrected chi connectivity index (χ2v) is 6.57. The van der Waals surface area contributed by atoms with Crippen molar-refractivity contribution in [2.75, 3.05) is 25.0 Å². The van der Waals surface area contributed by atoms with Gasteiger partial charge in [-0.2, -0.15) is 0 Å². The quantitative estimate of drug-likeness (QED) is 0.917.